The first kappa shape index (κ1) is 15.1. The van der Waals surface area contributed by atoms with E-state index in [4.69, 9.17) is 14.6 Å². The highest BCUT2D eigenvalue weighted by atomic mass is 16.5. The van der Waals surface area contributed by atoms with Crippen molar-refractivity contribution in [2.45, 2.75) is 37.9 Å². The van der Waals surface area contributed by atoms with Gasteiger partial charge in [0.2, 0.25) is 0 Å². The zero-order chi connectivity index (χ0) is 14.6. The molecule has 1 atom stereocenters. The van der Waals surface area contributed by atoms with Crippen LogP contribution in [-0.4, -0.2) is 66.6 Å². The predicted octanol–water partition coefficient (Wildman–Crippen LogP) is 0.441. The third kappa shape index (κ3) is 4.08. The molecule has 0 bridgehead atoms. The molecule has 2 aliphatic heterocycles. The van der Waals surface area contributed by atoms with E-state index in [-0.39, 0.29) is 18.7 Å². The molecule has 0 aromatic heterocycles. The molecule has 7 heteroatoms. The quantitative estimate of drug-likeness (QED) is 0.739. The summed E-state index contributed by atoms with van der Waals surface area (Å²) in [6, 6.07) is -0.126. The summed E-state index contributed by atoms with van der Waals surface area (Å²) >= 11 is 0. The molecule has 1 unspecified atom stereocenters. The molecule has 2 saturated heterocycles. The molecule has 0 radical (unpaired) electrons. The molecule has 2 N–H and O–H groups in total. The van der Waals surface area contributed by atoms with Crippen molar-refractivity contribution in [3.05, 3.63) is 0 Å². The summed E-state index contributed by atoms with van der Waals surface area (Å²) in [6.45, 7) is 3.76. The lowest BCUT2D eigenvalue weighted by Gasteiger charge is -2.47. The van der Waals surface area contributed by atoms with Gasteiger partial charge in [0.1, 0.15) is 12.2 Å². The molecule has 0 aliphatic carbocycles. The monoisotopic (exact) mass is 286 g/mol. The van der Waals surface area contributed by atoms with E-state index in [0.717, 1.165) is 25.9 Å². The summed E-state index contributed by atoms with van der Waals surface area (Å²) in [7, 11) is 0. The van der Waals surface area contributed by atoms with Gasteiger partial charge in [0.15, 0.2) is 0 Å². The summed E-state index contributed by atoms with van der Waals surface area (Å²) in [5, 5.41) is 11.4. The maximum absolute atomic E-state index is 11.8. The first-order chi connectivity index (χ1) is 9.48. The first-order valence-electron chi connectivity index (χ1n) is 6.99. The second kappa shape index (κ2) is 6.41. The molecular weight excluding hydrogens is 264 g/mol. The normalized spacial score (nSPS) is 24.2. The highest BCUT2D eigenvalue weighted by molar-refractivity contribution is 5.75. The lowest BCUT2D eigenvalue weighted by atomic mass is 9.97. The molecule has 0 spiro atoms. The van der Waals surface area contributed by atoms with Gasteiger partial charge in [0.05, 0.1) is 19.2 Å². The standard InChI is InChI=1S/C13H22N2O5/c1-13(20-7-11(16)17)8-15(9-13)12(18)14-5-4-10-3-2-6-19-10/h10H,2-9H2,1H3,(H,14,18)(H,16,17). The maximum atomic E-state index is 11.8. The van der Waals surface area contributed by atoms with Gasteiger partial charge in [-0.05, 0) is 26.2 Å². The van der Waals surface area contributed by atoms with Crippen molar-refractivity contribution < 1.29 is 24.2 Å². The van der Waals surface area contributed by atoms with Crippen molar-refractivity contribution >= 4 is 12.0 Å². The van der Waals surface area contributed by atoms with Crippen LogP contribution in [0.3, 0.4) is 0 Å². The van der Waals surface area contributed by atoms with Gasteiger partial charge in [0.25, 0.3) is 0 Å². The lowest BCUT2D eigenvalue weighted by Crippen LogP contribution is -2.65. The Kier molecular flexibility index (Phi) is 4.82. The van der Waals surface area contributed by atoms with E-state index in [9.17, 15) is 9.59 Å². The Morgan fingerprint density at radius 2 is 2.25 bits per heavy atom. The van der Waals surface area contributed by atoms with Gasteiger partial charge in [-0.1, -0.05) is 0 Å². The fraction of sp³-hybridized carbons (Fsp3) is 0.846. The Morgan fingerprint density at radius 1 is 1.50 bits per heavy atom. The van der Waals surface area contributed by atoms with Gasteiger partial charge in [0, 0.05) is 13.2 Å². The molecule has 7 nitrogen and oxygen atoms in total. The molecule has 2 fully saturated rings. The van der Waals surface area contributed by atoms with E-state index in [0.29, 0.717) is 19.6 Å². The van der Waals surface area contributed by atoms with Crippen LogP contribution in [0.15, 0.2) is 0 Å². The van der Waals surface area contributed by atoms with E-state index in [1.165, 1.54) is 0 Å². The van der Waals surface area contributed by atoms with Crippen molar-refractivity contribution in [1.82, 2.24) is 10.2 Å². The zero-order valence-electron chi connectivity index (χ0n) is 11.8. The minimum Gasteiger partial charge on any atom is -0.480 e. The van der Waals surface area contributed by atoms with E-state index in [1.54, 1.807) is 4.90 Å². The number of hydrogen-bond acceptors (Lipinski definition) is 4. The second-order valence-corrected chi connectivity index (χ2v) is 5.64. The van der Waals surface area contributed by atoms with E-state index >= 15 is 0 Å². The number of likely N-dealkylation sites (tertiary alicyclic amines) is 1. The van der Waals surface area contributed by atoms with Crippen LogP contribution in [0.4, 0.5) is 4.79 Å². The van der Waals surface area contributed by atoms with Crippen LogP contribution in [0.25, 0.3) is 0 Å². The summed E-state index contributed by atoms with van der Waals surface area (Å²) in [5.41, 5.74) is -0.537. The number of aliphatic carboxylic acids is 1. The summed E-state index contributed by atoms with van der Waals surface area (Å²) in [4.78, 5) is 23.9. The maximum Gasteiger partial charge on any atom is 0.329 e. The highest BCUT2D eigenvalue weighted by Gasteiger charge is 2.42. The number of carbonyl (C=O) groups is 2. The Bertz CT molecular complexity index is 362. The number of nitrogens with one attached hydrogen (secondary N) is 1. The van der Waals surface area contributed by atoms with Gasteiger partial charge >= 0.3 is 12.0 Å². The van der Waals surface area contributed by atoms with Crippen molar-refractivity contribution in [3.8, 4) is 0 Å². The van der Waals surface area contributed by atoms with Gasteiger partial charge in [-0.25, -0.2) is 9.59 Å². The molecule has 0 aromatic carbocycles. The Labute approximate surface area is 118 Å². The third-order valence-corrected chi connectivity index (χ3v) is 3.65. The Hall–Kier alpha value is -1.34. The van der Waals surface area contributed by atoms with E-state index in [2.05, 4.69) is 5.32 Å². The third-order valence-electron chi connectivity index (χ3n) is 3.65. The number of hydrogen-bond donors (Lipinski definition) is 2. The van der Waals surface area contributed by atoms with Crippen LogP contribution in [0, 0.1) is 0 Å². The first-order valence-corrected chi connectivity index (χ1v) is 6.99. The molecule has 2 aliphatic rings. The van der Waals surface area contributed by atoms with Gasteiger partial charge < -0.3 is 24.8 Å². The number of carbonyl (C=O) groups excluding carboxylic acids is 1. The molecule has 2 rings (SSSR count). The Balaban J connectivity index is 1.59. The van der Waals surface area contributed by atoms with Crippen LogP contribution in [-0.2, 0) is 14.3 Å². The van der Waals surface area contributed by atoms with Gasteiger partial charge in [-0.2, -0.15) is 0 Å². The number of amides is 2. The van der Waals surface area contributed by atoms with E-state index in [1.807, 2.05) is 6.92 Å². The lowest BCUT2D eigenvalue weighted by molar-refractivity contribution is -0.159. The SMILES string of the molecule is CC1(OCC(=O)O)CN(C(=O)NCCC2CCCO2)C1. The van der Waals surface area contributed by atoms with Crippen molar-refractivity contribution in [2.75, 3.05) is 32.8 Å². The number of nitrogens with zero attached hydrogens (tertiary/aromatic N) is 1. The summed E-state index contributed by atoms with van der Waals surface area (Å²) in [6.07, 6.45) is 3.28. The molecule has 2 heterocycles. The summed E-state index contributed by atoms with van der Waals surface area (Å²) in [5.74, 6) is -0.995. The molecule has 0 aromatic rings. The van der Waals surface area contributed by atoms with Crippen LogP contribution in [0.1, 0.15) is 26.2 Å². The second-order valence-electron chi connectivity index (χ2n) is 5.64. The predicted molar refractivity (Wildman–Crippen MR) is 70.6 cm³/mol. The zero-order valence-corrected chi connectivity index (χ0v) is 11.8. The number of ether oxygens (including phenoxy) is 2. The Morgan fingerprint density at radius 3 is 2.85 bits per heavy atom. The number of rotatable bonds is 6. The number of carboxylic acid groups (broad SMARTS) is 1. The molecular formula is C13H22N2O5. The van der Waals surface area contributed by atoms with E-state index < -0.39 is 11.6 Å². The summed E-state index contributed by atoms with van der Waals surface area (Å²) < 4.78 is 10.7. The van der Waals surface area contributed by atoms with Gasteiger partial charge in [-0.15, -0.1) is 0 Å². The average molecular weight is 286 g/mol. The minimum atomic E-state index is -0.995. The van der Waals surface area contributed by atoms with Crippen LogP contribution in [0.5, 0.6) is 0 Å². The minimum absolute atomic E-state index is 0.126. The van der Waals surface area contributed by atoms with Crippen LogP contribution < -0.4 is 5.32 Å². The highest BCUT2D eigenvalue weighted by Crippen LogP contribution is 2.24. The largest absolute Gasteiger partial charge is 0.480 e. The molecule has 0 saturated carbocycles. The average Bonchev–Trinajstić information content (AvgIpc) is 2.86. The topological polar surface area (TPSA) is 88.1 Å². The van der Waals surface area contributed by atoms with Crippen molar-refractivity contribution in [2.24, 2.45) is 0 Å². The van der Waals surface area contributed by atoms with Crippen molar-refractivity contribution in [1.29, 1.82) is 0 Å². The molecule has 2 amide bonds. The molecule has 114 valence electrons. The van der Waals surface area contributed by atoms with Gasteiger partial charge in [-0.3, -0.25) is 0 Å². The van der Waals surface area contributed by atoms with Crippen LogP contribution >= 0.6 is 0 Å². The smallest absolute Gasteiger partial charge is 0.329 e. The number of urea groups is 1. The van der Waals surface area contributed by atoms with Crippen LogP contribution in [0.2, 0.25) is 0 Å². The number of carboxylic acids is 1. The van der Waals surface area contributed by atoms with Crippen molar-refractivity contribution in [3.63, 3.8) is 0 Å². The molecule has 20 heavy (non-hydrogen) atoms. The fourth-order valence-corrected chi connectivity index (χ4v) is 2.56. The fourth-order valence-electron chi connectivity index (χ4n) is 2.56.